The lowest BCUT2D eigenvalue weighted by molar-refractivity contribution is -0.149. The maximum absolute atomic E-state index is 13.0. The summed E-state index contributed by atoms with van der Waals surface area (Å²) in [6.45, 7) is 1.60. The van der Waals surface area contributed by atoms with Gasteiger partial charge in [0.2, 0.25) is 0 Å². The maximum Gasteiger partial charge on any atom is 0.269 e. The molecule has 1 saturated heterocycles. The predicted octanol–water partition coefficient (Wildman–Crippen LogP) is -0.0246. The van der Waals surface area contributed by atoms with Gasteiger partial charge in [0.25, 0.3) is 18.2 Å². The number of halogens is 2. The Morgan fingerprint density at radius 2 is 1.89 bits per heavy atom. The Kier molecular flexibility index (Phi) is 6.71. The number of aliphatic hydroxyl groups is 1. The van der Waals surface area contributed by atoms with Crippen molar-refractivity contribution in [1.82, 2.24) is 15.7 Å². The van der Waals surface area contributed by atoms with E-state index in [4.69, 9.17) is 5.21 Å². The normalized spacial score (nSPS) is 20.5. The number of hydrogen-bond donors (Lipinski definition) is 4. The molecular formula is C19H19F2N3O4. The summed E-state index contributed by atoms with van der Waals surface area (Å²) in [5.74, 6) is 8.94. The summed E-state index contributed by atoms with van der Waals surface area (Å²) >= 11 is 0. The van der Waals surface area contributed by atoms with Crippen LogP contribution in [0.3, 0.4) is 0 Å². The highest BCUT2D eigenvalue weighted by Gasteiger charge is 2.46. The fourth-order valence-corrected chi connectivity index (χ4v) is 2.19. The van der Waals surface area contributed by atoms with Crippen LogP contribution in [0.1, 0.15) is 22.8 Å². The number of rotatable bonds is 5. The van der Waals surface area contributed by atoms with E-state index in [1.165, 1.54) is 24.3 Å². The van der Waals surface area contributed by atoms with Crippen LogP contribution in [-0.2, 0) is 4.79 Å². The number of carbonyl (C=O) groups is 2. The number of nitrogens with one attached hydrogen (secondary N) is 2. The van der Waals surface area contributed by atoms with Crippen LogP contribution >= 0.6 is 0 Å². The first-order valence-corrected chi connectivity index (χ1v) is 8.24. The van der Waals surface area contributed by atoms with Crippen LogP contribution < -0.4 is 10.8 Å². The molecule has 28 heavy (non-hydrogen) atoms. The third-order valence-corrected chi connectivity index (χ3v) is 4.19. The molecule has 0 radical (unpaired) electrons. The number of nitrogens with zero attached hydrogens (tertiary/aromatic N) is 1. The smallest absolute Gasteiger partial charge is 0.269 e. The molecule has 1 aliphatic heterocycles. The SMILES string of the molecule is CN1CC1C#CC#Cc1ccc(C(=O)N[C@H](C(=O)NO)C(C)(O)C(F)F)cc1. The van der Waals surface area contributed by atoms with Crippen molar-refractivity contribution in [1.29, 1.82) is 0 Å². The molecule has 148 valence electrons. The van der Waals surface area contributed by atoms with Crippen molar-refractivity contribution in [2.45, 2.75) is 31.0 Å². The van der Waals surface area contributed by atoms with Gasteiger partial charge in [0, 0.05) is 17.7 Å². The molecule has 0 spiro atoms. The molecule has 1 heterocycles. The van der Waals surface area contributed by atoms with Crippen LogP contribution in [0.2, 0.25) is 0 Å². The van der Waals surface area contributed by atoms with Crippen molar-refractivity contribution < 1.29 is 28.7 Å². The third-order valence-electron chi connectivity index (χ3n) is 4.19. The Hall–Kier alpha value is -2.98. The molecule has 1 aromatic carbocycles. The molecule has 0 aromatic heterocycles. The zero-order valence-corrected chi connectivity index (χ0v) is 15.2. The summed E-state index contributed by atoms with van der Waals surface area (Å²) in [4.78, 5) is 25.9. The van der Waals surface area contributed by atoms with Gasteiger partial charge in [0.1, 0.15) is 6.04 Å². The molecule has 4 N–H and O–H groups in total. The van der Waals surface area contributed by atoms with Crippen LogP contribution in [0.25, 0.3) is 0 Å². The fraction of sp³-hybridized carbons (Fsp3) is 0.368. The third kappa shape index (κ3) is 5.27. The largest absolute Gasteiger partial charge is 0.381 e. The summed E-state index contributed by atoms with van der Waals surface area (Å²) < 4.78 is 26.0. The lowest BCUT2D eigenvalue weighted by atomic mass is 9.95. The first-order chi connectivity index (χ1) is 13.2. The molecule has 1 aliphatic rings. The topological polar surface area (TPSA) is 102 Å². The molecule has 3 unspecified atom stereocenters. The number of hydrogen-bond acceptors (Lipinski definition) is 5. The zero-order chi connectivity index (χ0) is 20.9. The maximum atomic E-state index is 13.0. The minimum Gasteiger partial charge on any atom is -0.381 e. The summed E-state index contributed by atoms with van der Waals surface area (Å²) in [7, 11) is 1.95. The average molecular weight is 391 g/mol. The highest BCUT2D eigenvalue weighted by molar-refractivity contribution is 5.97. The second kappa shape index (κ2) is 8.81. The van der Waals surface area contributed by atoms with E-state index >= 15 is 0 Å². The molecule has 0 bridgehead atoms. The van der Waals surface area contributed by atoms with Crippen LogP contribution in [0.5, 0.6) is 0 Å². The van der Waals surface area contributed by atoms with Gasteiger partial charge in [-0.3, -0.25) is 19.7 Å². The Labute approximate surface area is 160 Å². The Morgan fingerprint density at radius 1 is 1.29 bits per heavy atom. The molecule has 2 amide bonds. The van der Waals surface area contributed by atoms with Crippen molar-refractivity contribution in [3.8, 4) is 23.7 Å². The van der Waals surface area contributed by atoms with E-state index in [9.17, 15) is 23.5 Å². The molecule has 2 rings (SSSR count). The van der Waals surface area contributed by atoms with Gasteiger partial charge >= 0.3 is 0 Å². The monoisotopic (exact) mass is 391 g/mol. The summed E-state index contributed by atoms with van der Waals surface area (Å²) in [6.07, 6.45) is -3.34. The average Bonchev–Trinajstić information content (AvgIpc) is 3.37. The van der Waals surface area contributed by atoms with Crippen LogP contribution in [0, 0.1) is 23.7 Å². The van der Waals surface area contributed by atoms with Crippen molar-refractivity contribution in [2.75, 3.05) is 13.6 Å². The molecule has 0 aliphatic carbocycles. The van der Waals surface area contributed by atoms with Gasteiger partial charge in [-0.25, -0.2) is 14.3 Å². The van der Waals surface area contributed by atoms with Gasteiger partial charge in [-0.15, -0.1) is 0 Å². The van der Waals surface area contributed by atoms with Crippen molar-refractivity contribution in [2.24, 2.45) is 0 Å². The molecular weight excluding hydrogens is 372 g/mol. The minimum absolute atomic E-state index is 0.0528. The van der Waals surface area contributed by atoms with Gasteiger partial charge in [-0.1, -0.05) is 11.8 Å². The highest BCUT2D eigenvalue weighted by atomic mass is 19.3. The van der Waals surface area contributed by atoms with Gasteiger partial charge in [0.05, 0.1) is 6.04 Å². The first kappa shape index (κ1) is 21.3. The van der Waals surface area contributed by atoms with E-state index in [0.717, 1.165) is 12.0 Å². The van der Waals surface area contributed by atoms with Gasteiger partial charge in [-0.05, 0) is 50.1 Å². The van der Waals surface area contributed by atoms with Crippen molar-refractivity contribution in [3.05, 3.63) is 35.4 Å². The zero-order valence-electron chi connectivity index (χ0n) is 15.2. The van der Waals surface area contributed by atoms with E-state index < -0.39 is 29.9 Å². The van der Waals surface area contributed by atoms with Gasteiger partial charge in [0.15, 0.2) is 5.60 Å². The van der Waals surface area contributed by atoms with Crippen molar-refractivity contribution in [3.63, 3.8) is 0 Å². The van der Waals surface area contributed by atoms with E-state index in [2.05, 4.69) is 28.6 Å². The number of hydroxylamine groups is 1. The number of carbonyl (C=O) groups excluding carboxylic acids is 2. The first-order valence-electron chi connectivity index (χ1n) is 8.24. The standard InChI is InChI=1S/C19H19F2N3O4/c1-19(27,18(20)21)15(17(26)23-28)22-16(25)13-9-7-12(8-10-13)5-3-4-6-14-11-24(14)2/h7-10,14-15,18,27-28H,11H2,1-2H3,(H,22,25)(H,23,26)/t14?,15-,19?,24?/m1/s1. The lowest BCUT2D eigenvalue weighted by Crippen LogP contribution is -2.61. The van der Waals surface area contributed by atoms with E-state index in [0.29, 0.717) is 12.5 Å². The number of benzene rings is 1. The van der Waals surface area contributed by atoms with Crippen LogP contribution in [0.4, 0.5) is 8.78 Å². The van der Waals surface area contributed by atoms with E-state index in [1.54, 1.807) is 0 Å². The van der Waals surface area contributed by atoms with Gasteiger partial charge in [-0.2, -0.15) is 0 Å². The van der Waals surface area contributed by atoms with Gasteiger partial charge < -0.3 is 10.4 Å². The van der Waals surface area contributed by atoms with E-state index in [1.807, 2.05) is 12.4 Å². The number of amides is 2. The lowest BCUT2D eigenvalue weighted by Gasteiger charge is -2.30. The highest BCUT2D eigenvalue weighted by Crippen LogP contribution is 2.20. The quantitative estimate of drug-likeness (QED) is 0.245. The number of likely N-dealkylation sites (N-methyl/N-ethyl adjacent to an activating group) is 1. The molecule has 1 aromatic rings. The molecule has 9 heteroatoms. The van der Waals surface area contributed by atoms with E-state index in [-0.39, 0.29) is 11.6 Å². The Morgan fingerprint density at radius 3 is 2.39 bits per heavy atom. The fourth-order valence-electron chi connectivity index (χ4n) is 2.19. The van der Waals surface area contributed by atoms with Crippen LogP contribution in [0.15, 0.2) is 24.3 Å². The predicted molar refractivity (Wildman–Crippen MR) is 95.3 cm³/mol. The molecule has 0 saturated carbocycles. The van der Waals surface area contributed by atoms with Crippen molar-refractivity contribution >= 4 is 11.8 Å². The summed E-state index contributed by atoms with van der Waals surface area (Å²) in [5.41, 5.74) is -1.10. The molecule has 4 atom stereocenters. The second-order valence-corrected chi connectivity index (χ2v) is 6.46. The number of alkyl halides is 2. The molecule has 1 fully saturated rings. The summed E-state index contributed by atoms with van der Waals surface area (Å²) in [6, 6.07) is 3.99. The minimum atomic E-state index is -3.34. The molecule has 7 nitrogen and oxygen atoms in total. The summed E-state index contributed by atoms with van der Waals surface area (Å²) in [5, 5.41) is 20.5. The Bertz CT molecular complexity index is 863. The van der Waals surface area contributed by atoms with Crippen LogP contribution in [-0.4, -0.2) is 64.7 Å². The Balaban J connectivity index is 2.07. The second-order valence-electron chi connectivity index (χ2n) is 6.46.